The molecule has 0 aliphatic heterocycles. The minimum absolute atomic E-state index is 1.07. The van der Waals surface area contributed by atoms with E-state index in [-0.39, 0.29) is 0 Å². The van der Waals surface area contributed by atoms with Gasteiger partial charge in [-0.15, -0.1) is 0 Å². The molecule has 2 saturated carbocycles. The van der Waals surface area contributed by atoms with Gasteiger partial charge in [-0.25, -0.2) is 0 Å². The molecular formula is C11H20. The molecule has 0 aromatic heterocycles. The molecule has 0 spiro atoms. The fraction of sp³-hybridized carbons (Fsp3) is 1.00. The first-order valence-electron chi connectivity index (χ1n) is 5.25. The summed E-state index contributed by atoms with van der Waals surface area (Å²) in [7, 11) is 0. The first kappa shape index (κ1) is 7.64. The van der Waals surface area contributed by atoms with Gasteiger partial charge in [-0.1, -0.05) is 33.6 Å². The lowest BCUT2D eigenvalue weighted by Gasteiger charge is -1.93. The second-order valence-corrected chi connectivity index (χ2v) is 4.77. The lowest BCUT2D eigenvalue weighted by Crippen LogP contribution is -1.86. The van der Waals surface area contributed by atoms with Crippen molar-refractivity contribution in [2.24, 2.45) is 29.6 Å². The van der Waals surface area contributed by atoms with Crippen molar-refractivity contribution < 1.29 is 0 Å². The maximum atomic E-state index is 2.45. The minimum Gasteiger partial charge on any atom is -0.0654 e. The molecule has 0 nitrogen and oxygen atoms in total. The third-order valence-electron chi connectivity index (χ3n) is 3.92. The lowest BCUT2D eigenvalue weighted by molar-refractivity contribution is 0.561. The summed E-state index contributed by atoms with van der Waals surface area (Å²) < 4.78 is 0. The molecule has 0 amide bonds. The van der Waals surface area contributed by atoms with Crippen molar-refractivity contribution in [3.8, 4) is 0 Å². The predicted octanol–water partition coefficient (Wildman–Crippen LogP) is 3.32. The third-order valence-corrected chi connectivity index (χ3v) is 3.92. The van der Waals surface area contributed by atoms with Crippen LogP contribution < -0.4 is 0 Å². The molecule has 64 valence electrons. The predicted molar refractivity (Wildman–Crippen MR) is 48.3 cm³/mol. The number of hydrogen-bond acceptors (Lipinski definition) is 0. The average molecular weight is 152 g/mol. The summed E-state index contributed by atoms with van der Waals surface area (Å²) in [5, 5.41) is 0. The van der Waals surface area contributed by atoms with E-state index >= 15 is 0 Å². The van der Waals surface area contributed by atoms with E-state index in [2.05, 4.69) is 20.8 Å². The Labute approximate surface area is 70.4 Å². The van der Waals surface area contributed by atoms with Gasteiger partial charge in [-0.3, -0.25) is 0 Å². The van der Waals surface area contributed by atoms with Crippen LogP contribution in [0.1, 0.15) is 40.0 Å². The van der Waals surface area contributed by atoms with Crippen LogP contribution in [0.2, 0.25) is 0 Å². The standard InChI is InChI=1S/C11H20/c1-4-5-9-8(3)11(9)10-6-7(10)2/h7-11H,4-6H2,1-3H3. The van der Waals surface area contributed by atoms with Crippen LogP contribution >= 0.6 is 0 Å². The molecule has 0 heterocycles. The number of hydrogen-bond donors (Lipinski definition) is 0. The summed E-state index contributed by atoms with van der Waals surface area (Å²) in [6, 6.07) is 0. The van der Waals surface area contributed by atoms with Crippen molar-refractivity contribution in [2.45, 2.75) is 40.0 Å². The first-order chi connectivity index (χ1) is 5.25. The average Bonchev–Trinajstić information content (AvgIpc) is 2.78. The lowest BCUT2D eigenvalue weighted by atomic mass is 10.1. The summed E-state index contributed by atoms with van der Waals surface area (Å²) in [5.74, 6) is 5.55. The molecule has 0 heteroatoms. The van der Waals surface area contributed by atoms with E-state index in [1.165, 1.54) is 19.3 Å². The van der Waals surface area contributed by atoms with Crippen LogP contribution in [0.25, 0.3) is 0 Å². The Bertz CT molecular complexity index is 150. The summed E-state index contributed by atoms with van der Waals surface area (Å²) in [6.07, 6.45) is 4.43. The largest absolute Gasteiger partial charge is 0.0654 e. The third kappa shape index (κ3) is 1.21. The summed E-state index contributed by atoms with van der Waals surface area (Å²) in [6.45, 7) is 7.19. The van der Waals surface area contributed by atoms with Crippen LogP contribution in [0, 0.1) is 29.6 Å². The fourth-order valence-electron chi connectivity index (χ4n) is 2.96. The van der Waals surface area contributed by atoms with Crippen molar-refractivity contribution in [1.29, 1.82) is 0 Å². The molecule has 2 aliphatic carbocycles. The van der Waals surface area contributed by atoms with E-state index in [1.807, 2.05) is 0 Å². The molecule has 0 saturated heterocycles. The normalized spacial score (nSPS) is 54.3. The van der Waals surface area contributed by atoms with Gasteiger partial charge in [0, 0.05) is 0 Å². The topological polar surface area (TPSA) is 0 Å². The Morgan fingerprint density at radius 1 is 1.27 bits per heavy atom. The second kappa shape index (κ2) is 2.50. The van der Waals surface area contributed by atoms with Crippen LogP contribution in [0.4, 0.5) is 0 Å². The van der Waals surface area contributed by atoms with E-state index < -0.39 is 0 Å². The van der Waals surface area contributed by atoms with Gasteiger partial charge in [0.1, 0.15) is 0 Å². The van der Waals surface area contributed by atoms with Crippen LogP contribution in [0.3, 0.4) is 0 Å². The van der Waals surface area contributed by atoms with Crippen molar-refractivity contribution in [3.63, 3.8) is 0 Å². The van der Waals surface area contributed by atoms with Gasteiger partial charge in [-0.2, -0.15) is 0 Å². The van der Waals surface area contributed by atoms with Gasteiger partial charge < -0.3 is 0 Å². The van der Waals surface area contributed by atoms with Crippen LogP contribution in [-0.2, 0) is 0 Å². The Balaban J connectivity index is 1.80. The van der Waals surface area contributed by atoms with Gasteiger partial charge >= 0.3 is 0 Å². The molecule has 0 N–H and O–H groups in total. The smallest absolute Gasteiger partial charge is 0.0324 e. The maximum Gasteiger partial charge on any atom is -0.0324 e. The summed E-state index contributed by atoms with van der Waals surface area (Å²) in [5.41, 5.74) is 0. The van der Waals surface area contributed by atoms with Crippen LogP contribution in [-0.4, -0.2) is 0 Å². The van der Waals surface area contributed by atoms with E-state index in [1.54, 1.807) is 0 Å². The second-order valence-electron chi connectivity index (χ2n) is 4.77. The molecule has 11 heavy (non-hydrogen) atoms. The molecule has 5 unspecified atom stereocenters. The van der Waals surface area contributed by atoms with Gasteiger partial charge in [0.2, 0.25) is 0 Å². The van der Waals surface area contributed by atoms with Crippen LogP contribution in [0.15, 0.2) is 0 Å². The Hall–Kier alpha value is 0. The van der Waals surface area contributed by atoms with Gasteiger partial charge in [-0.05, 0) is 36.0 Å². The minimum atomic E-state index is 1.07. The molecule has 5 atom stereocenters. The molecule has 0 aromatic carbocycles. The van der Waals surface area contributed by atoms with Gasteiger partial charge in [0.05, 0.1) is 0 Å². The molecule has 0 bridgehead atoms. The maximum absolute atomic E-state index is 2.45. The van der Waals surface area contributed by atoms with Gasteiger partial charge in [0.15, 0.2) is 0 Å². The highest BCUT2D eigenvalue weighted by molar-refractivity contribution is 5.04. The van der Waals surface area contributed by atoms with E-state index in [0.29, 0.717) is 0 Å². The fourth-order valence-corrected chi connectivity index (χ4v) is 2.96. The molecular weight excluding hydrogens is 132 g/mol. The zero-order valence-corrected chi connectivity index (χ0v) is 8.01. The van der Waals surface area contributed by atoms with Crippen LogP contribution in [0.5, 0.6) is 0 Å². The Kier molecular flexibility index (Phi) is 1.74. The number of rotatable bonds is 3. The zero-order valence-electron chi connectivity index (χ0n) is 8.01. The van der Waals surface area contributed by atoms with Gasteiger partial charge in [0.25, 0.3) is 0 Å². The Morgan fingerprint density at radius 3 is 2.36 bits per heavy atom. The molecule has 0 radical (unpaired) electrons. The molecule has 2 fully saturated rings. The molecule has 0 aromatic rings. The SMILES string of the molecule is CCCC1C(C)C1C1CC1C. The quantitative estimate of drug-likeness (QED) is 0.582. The highest BCUT2D eigenvalue weighted by Crippen LogP contribution is 2.62. The van der Waals surface area contributed by atoms with E-state index in [4.69, 9.17) is 0 Å². The van der Waals surface area contributed by atoms with Crippen molar-refractivity contribution in [1.82, 2.24) is 0 Å². The monoisotopic (exact) mass is 152 g/mol. The van der Waals surface area contributed by atoms with Crippen molar-refractivity contribution >= 4 is 0 Å². The van der Waals surface area contributed by atoms with E-state index in [0.717, 1.165) is 29.6 Å². The van der Waals surface area contributed by atoms with E-state index in [9.17, 15) is 0 Å². The summed E-state index contributed by atoms with van der Waals surface area (Å²) >= 11 is 0. The zero-order chi connectivity index (χ0) is 8.01. The Morgan fingerprint density at radius 2 is 1.91 bits per heavy atom. The highest BCUT2D eigenvalue weighted by Gasteiger charge is 2.56. The molecule has 2 rings (SSSR count). The van der Waals surface area contributed by atoms with Crippen molar-refractivity contribution in [3.05, 3.63) is 0 Å². The summed E-state index contributed by atoms with van der Waals surface area (Å²) in [4.78, 5) is 0. The highest BCUT2D eigenvalue weighted by atomic mass is 14.6. The molecule has 2 aliphatic rings. The van der Waals surface area contributed by atoms with Crippen molar-refractivity contribution in [2.75, 3.05) is 0 Å². The first-order valence-corrected chi connectivity index (χ1v) is 5.25.